The molecule has 0 aliphatic rings. The van der Waals surface area contributed by atoms with Crippen molar-refractivity contribution in [3.63, 3.8) is 0 Å². The number of hydrogen-bond acceptors (Lipinski definition) is 4. The summed E-state index contributed by atoms with van der Waals surface area (Å²) < 4.78 is 6.22. The summed E-state index contributed by atoms with van der Waals surface area (Å²) in [6.45, 7) is 3.11. The van der Waals surface area contributed by atoms with Crippen LogP contribution in [0.25, 0.3) is 11.2 Å². The molecular formula is C11H12N2O4. The summed E-state index contributed by atoms with van der Waals surface area (Å²) in [7, 11) is 0. The number of aromatic nitrogens is 2. The van der Waals surface area contributed by atoms with E-state index in [1.807, 2.05) is 0 Å². The van der Waals surface area contributed by atoms with Crippen LogP contribution < -0.4 is 5.76 Å². The van der Waals surface area contributed by atoms with Crippen LogP contribution in [0.15, 0.2) is 27.5 Å². The first-order valence-electron chi connectivity index (χ1n) is 5.09. The van der Waals surface area contributed by atoms with Crippen molar-refractivity contribution in [1.82, 2.24) is 9.55 Å². The number of hydrogen-bond donors (Lipinski definition) is 1. The van der Waals surface area contributed by atoms with E-state index in [4.69, 9.17) is 9.52 Å². The monoisotopic (exact) mass is 236 g/mol. The van der Waals surface area contributed by atoms with E-state index < -0.39 is 17.1 Å². The summed E-state index contributed by atoms with van der Waals surface area (Å²) >= 11 is 0. The number of oxazole rings is 1. The Morgan fingerprint density at radius 1 is 1.59 bits per heavy atom. The Labute approximate surface area is 96.5 Å². The molecule has 2 heterocycles. The average Bonchev–Trinajstić information content (AvgIpc) is 2.55. The van der Waals surface area contributed by atoms with Gasteiger partial charge in [-0.1, -0.05) is 0 Å². The highest BCUT2D eigenvalue weighted by Crippen LogP contribution is 2.20. The molecule has 0 radical (unpaired) electrons. The molecule has 17 heavy (non-hydrogen) atoms. The number of rotatable bonds is 3. The topological polar surface area (TPSA) is 85.3 Å². The third kappa shape index (κ3) is 1.93. The van der Waals surface area contributed by atoms with Crippen LogP contribution in [0.3, 0.4) is 0 Å². The van der Waals surface area contributed by atoms with Crippen LogP contribution >= 0.6 is 0 Å². The Morgan fingerprint density at radius 3 is 2.94 bits per heavy atom. The molecule has 0 aromatic carbocycles. The second-order valence-corrected chi connectivity index (χ2v) is 4.47. The Hall–Kier alpha value is -2.11. The van der Waals surface area contributed by atoms with Crippen molar-refractivity contribution in [3.05, 3.63) is 28.9 Å². The third-order valence-electron chi connectivity index (χ3n) is 2.56. The highest BCUT2D eigenvalue weighted by atomic mass is 16.4. The lowest BCUT2D eigenvalue weighted by Crippen LogP contribution is -2.32. The molecule has 0 aliphatic carbocycles. The van der Waals surface area contributed by atoms with Crippen molar-refractivity contribution in [3.8, 4) is 0 Å². The summed E-state index contributed by atoms with van der Waals surface area (Å²) in [4.78, 5) is 26.7. The maximum Gasteiger partial charge on any atom is 0.421 e. The highest BCUT2D eigenvalue weighted by Gasteiger charge is 2.29. The third-order valence-corrected chi connectivity index (χ3v) is 2.56. The second-order valence-electron chi connectivity index (χ2n) is 4.47. The maximum atomic E-state index is 11.6. The van der Waals surface area contributed by atoms with Gasteiger partial charge in [0.15, 0.2) is 11.2 Å². The van der Waals surface area contributed by atoms with Gasteiger partial charge in [-0.15, -0.1) is 0 Å². The normalized spacial score (nSPS) is 11.9. The molecule has 2 rings (SSSR count). The van der Waals surface area contributed by atoms with Gasteiger partial charge in [0, 0.05) is 12.7 Å². The largest absolute Gasteiger partial charge is 0.481 e. The quantitative estimate of drug-likeness (QED) is 0.862. The number of carbonyl (C=O) groups is 1. The predicted octanol–water partition coefficient (Wildman–Crippen LogP) is 1.10. The van der Waals surface area contributed by atoms with Crippen LogP contribution in [0.5, 0.6) is 0 Å². The van der Waals surface area contributed by atoms with E-state index in [0.717, 1.165) is 0 Å². The lowest BCUT2D eigenvalue weighted by atomic mass is 9.94. The van der Waals surface area contributed by atoms with Crippen LogP contribution in [0, 0.1) is 5.41 Å². The fourth-order valence-corrected chi connectivity index (χ4v) is 1.50. The highest BCUT2D eigenvalue weighted by molar-refractivity contribution is 5.74. The lowest BCUT2D eigenvalue weighted by molar-refractivity contribution is -0.147. The molecule has 1 N–H and O–H groups in total. The molecule has 6 heteroatoms. The number of carboxylic acid groups (broad SMARTS) is 1. The molecule has 0 bridgehead atoms. The standard InChI is InChI=1S/C11H12N2O4/c1-11(2,9(14)15)6-13-8-7(17-10(13)16)4-3-5-12-8/h3-5H,6H2,1-2H3,(H,14,15). The molecule has 6 nitrogen and oxygen atoms in total. The SMILES string of the molecule is CC(C)(Cn1c(=O)oc2cccnc21)C(=O)O. The zero-order chi connectivity index (χ0) is 12.6. The van der Waals surface area contributed by atoms with E-state index in [2.05, 4.69) is 4.98 Å². The van der Waals surface area contributed by atoms with Gasteiger partial charge in [0.1, 0.15) is 0 Å². The van der Waals surface area contributed by atoms with Gasteiger partial charge in [-0.2, -0.15) is 0 Å². The van der Waals surface area contributed by atoms with Crippen molar-refractivity contribution in [2.24, 2.45) is 5.41 Å². The Kier molecular flexibility index (Phi) is 2.49. The van der Waals surface area contributed by atoms with E-state index in [0.29, 0.717) is 11.2 Å². The van der Waals surface area contributed by atoms with E-state index in [1.165, 1.54) is 10.8 Å². The maximum absolute atomic E-state index is 11.6. The molecule has 0 atom stereocenters. The van der Waals surface area contributed by atoms with Crippen LogP contribution in [0.1, 0.15) is 13.8 Å². The molecule has 0 fully saturated rings. The zero-order valence-corrected chi connectivity index (χ0v) is 9.51. The summed E-state index contributed by atoms with van der Waals surface area (Å²) in [5, 5.41) is 9.04. The van der Waals surface area contributed by atoms with Crippen molar-refractivity contribution in [2.45, 2.75) is 20.4 Å². The Balaban J connectivity index is 2.53. The van der Waals surface area contributed by atoms with E-state index in [9.17, 15) is 9.59 Å². The van der Waals surface area contributed by atoms with Crippen molar-refractivity contribution < 1.29 is 14.3 Å². The predicted molar refractivity (Wildman–Crippen MR) is 59.7 cm³/mol. The molecule has 0 aliphatic heterocycles. The smallest absolute Gasteiger partial charge is 0.421 e. The van der Waals surface area contributed by atoms with E-state index in [1.54, 1.807) is 26.0 Å². The van der Waals surface area contributed by atoms with Gasteiger partial charge >= 0.3 is 11.7 Å². The second kappa shape index (κ2) is 3.73. The summed E-state index contributed by atoms with van der Waals surface area (Å²) in [5.74, 6) is -1.57. The van der Waals surface area contributed by atoms with Crippen LogP contribution in [0.4, 0.5) is 0 Å². The number of pyridine rings is 1. The van der Waals surface area contributed by atoms with Gasteiger partial charge in [-0.3, -0.25) is 9.36 Å². The molecule has 0 amide bonds. The van der Waals surface area contributed by atoms with Gasteiger partial charge in [0.05, 0.1) is 5.41 Å². The summed E-state index contributed by atoms with van der Waals surface area (Å²) in [6.07, 6.45) is 1.53. The van der Waals surface area contributed by atoms with Gasteiger partial charge in [0.25, 0.3) is 0 Å². The first kappa shape index (κ1) is 11.4. The molecule has 2 aromatic heterocycles. The molecule has 0 unspecified atom stereocenters. The summed E-state index contributed by atoms with van der Waals surface area (Å²) in [6, 6.07) is 3.27. The Morgan fingerprint density at radius 2 is 2.29 bits per heavy atom. The van der Waals surface area contributed by atoms with Crippen molar-refractivity contribution in [1.29, 1.82) is 0 Å². The minimum atomic E-state index is -1.06. The number of carboxylic acids is 1. The molecule has 0 spiro atoms. The van der Waals surface area contributed by atoms with Crippen LogP contribution in [0.2, 0.25) is 0 Å². The van der Waals surface area contributed by atoms with Gasteiger partial charge in [0.2, 0.25) is 0 Å². The van der Waals surface area contributed by atoms with Crippen molar-refractivity contribution in [2.75, 3.05) is 0 Å². The van der Waals surface area contributed by atoms with Crippen LogP contribution in [-0.4, -0.2) is 20.6 Å². The fraction of sp³-hybridized carbons (Fsp3) is 0.364. The number of nitrogens with zero attached hydrogens (tertiary/aromatic N) is 2. The minimum absolute atomic E-state index is 0.0190. The van der Waals surface area contributed by atoms with Crippen molar-refractivity contribution >= 4 is 17.2 Å². The van der Waals surface area contributed by atoms with Crippen LogP contribution in [-0.2, 0) is 11.3 Å². The minimum Gasteiger partial charge on any atom is -0.481 e. The Bertz CT molecular complexity index is 624. The fourth-order valence-electron chi connectivity index (χ4n) is 1.50. The number of aliphatic carboxylic acids is 1. The van der Waals surface area contributed by atoms with E-state index >= 15 is 0 Å². The van der Waals surface area contributed by atoms with Gasteiger partial charge in [-0.25, -0.2) is 9.78 Å². The lowest BCUT2D eigenvalue weighted by Gasteiger charge is -2.18. The molecule has 0 saturated heterocycles. The average molecular weight is 236 g/mol. The molecule has 0 saturated carbocycles. The number of fused-ring (bicyclic) bond motifs is 1. The van der Waals surface area contributed by atoms with E-state index in [-0.39, 0.29) is 6.54 Å². The summed E-state index contributed by atoms with van der Waals surface area (Å²) in [5.41, 5.74) is -0.330. The molecule has 90 valence electrons. The van der Waals surface area contributed by atoms with Gasteiger partial charge < -0.3 is 9.52 Å². The first-order valence-corrected chi connectivity index (χ1v) is 5.09. The van der Waals surface area contributed by atoms with Gasteiger partial charge in [-0.05, 0) is 26.0 Å². The molecular weight excluding hydrogens is 224 g/mol. The zero-order valence-electron chi connectivity index (χ0n) is 9.51. The molecule has 2 aromatic rings. The first-order chi connectivity index (χ1) is 7.92.